The molecule has 0 aliphatic heterocycles. The fourth-order valence-corrected chi connectivity index (χ4v) is 2.18. The topological polar surface area (TPSA) is 46.5 Å². The maximum absolute atomic E-state index is 13.2. The van der Waals surface area contributed by atoms with Gasteiger partial charge in [0.15, 0.2) is 5.92 Å². The minimum Gasteiger partial charge on any atom is -0.469 e. The van der Waals surface area contributed by atoms with Crippen LogP contribution in [-0.2, 0) is 15.1 Å². The van der Waals surface area contributed by atoms with E-state index in [1.807, 2.05) is 0 Å². The second-order valence-corrected chi connectivity index (χ2v) is 4.68. The van der Waals surface area contributed by atoms with Crippen molar-refractivity contribution in [1.29, 1.82) is 0 Å². The predicted octanol–water partition coefficient (Wildman–Crippen LogP) is 2.58. The van der Waals surface area contributed by atoms with Gasteiger partial charge >= 0.3 is 5.97 Å². The van der Waals surface area contributed by atoms with Crippen LogP contribution in [-0.4, -0.2) is 24.6 Å². The van der Waals surface area contributed by atoms with Crippen LogP contribution in [0.5, 0.6) is 0 Å². The zero-order valence-electron chi connectivity index (χ0n) is 11.1. The van der Waals surface area contributed by atoms with Crippen LogP contribution in [0.3, 0.4) is 0 Å². The minimum atomic E-state index is -3.01. The molecular formula is C14H18F2O3. The standard InChI is InChI=1S/C14H18F2O3/c1-9(2)14(18,10-7-5-4-6-8-10)11(12(15)16)13(17)19-3/h4-9,11-12,18H,1-3H3. The highest BCUT2D eigenvalue weighted by atomic mass is 19.3. The number of esters is 1. The molecule has 0 saturated heterocycles. The summed E-state index contributed by atoms with van der Waals surface area (Å²) in [7, 11) is 1.03. The van der Waals surface area contributed by atoms with Gasteiger partial charge in [-0.25, -0.2) is 8.78 Å². The largest absolute Gasteiger partial charge is 0.469 e. The molecular weight excluding hydrogens is 254 g/mol. The van der Waals surface area contributed by atoms with E-state index in [2.05, 4.69) is 4.74 Å². The first-order valence-corrected chi connectivity index (χ1v) is 5.99. The van der Waals surface area contributed by atoms with E-state index in [0.29, 0.717) is 0 Å². The Morgan fingerprint density at radius 2 is 1.79 bits per heavy atom. The van der Waals surface area contributed by atoms with E-state index in [1.165, 1.54) is 12.1 Å². The Balaban J connectivity index is 3.36. The van der Waals surface area contributed by atoms with Crippen molar-refractivity contribution in [3.8, 4) is 0 Å². The van der Waals surface area contributed by atoms with Gasteiger partial charge in [-0.1, -0.05) is 44.2 Å². The quantitative estimate of drug-likeness (QED) is 0.838. The van der Waals surface area contributed by atoms with E-state index in [9.17, 15) is 18.7 Å². The minimum absolute atomic E-state index is 0.278. The molecule has 0 aromatic heterocycles. The van der Waals surface area contributed by atoms with Crippen molar-refractivity contribution in [2.75, 3.05) is 7.11 Å². The fourth-order valence-electron chi connectivity index (χ4n) is 2.18. The highest BCUT2D eigenvalue weighted by Crippen LogP contribution is 2.40. The number of carbonyl (C=O) groups excluding carboxylic acids is 1. The van der Waals surface area contributed by atoms with Gasteiger partial charge in [0.2, 0.25) is 0 Å². The molecule has 0 aliphatic rings. The van der Waals surface area contributed by atoms with Gasteiger partial charge < -0.3 is 9.84 Å². The van der Waals surface area contributed by atoms with Crippen LogP contribution in [0.25, 0.3) is 0 Å². The maximum atomic E-state index is 13.2. The first-order valence-electron chi connectivity index (χ1n) is 5.99. The summed E-state index contributed by atoms with van der Waals surface area (Å²) < 4.78 is 30.8. The lowest BCUT2D eigenvalue weighted by molar-refractivity contribution is -0.176. The molecule has 1 aromatic rings. The van der Waals surface area contributed by atoms with Crippen molar-refractivity contribution in [2.45, 2.75) is 25.9 Å². The number of hydrogen-bond acceptors (Lipinski definition) is 3. The summed E-state index contributed by atoms with van der Waals surface area (Å²) in [4.78, 5) is 11.6. The number of rotatable bonds is 5. The van der Waals surface area contributed by atoms with Crippen molar-refractivity contribution in [1.82, 2.24) is 0 Å². The third-order valence-corrected chi connectivity index (χ3v) is 3.30. The number of halogens is 2. The van der Waals surface area contributed by atoms with Crippen molar-refractivity contribution in [2.24, 2.45) is 11.8 Å². The molecule has 0 fully saturated rings. The summed E-state index contributed by atoms with van der Waals surface area (Å²) >= 11 is 0. The number of alkyl halides is 2. The van der Waals surface area contributed by atoms with Gasteiger partial charge in [-0.15, -0.1) is 0 Å². The Hall–Kier alpha value is -1.49. The monoisotopic (exact) mass is 272 g/mol. The Labute approximate surface area is 111 Å². The van der Waals surface area contributed by atoms with Gasteiger partial charge in [0, 0.05) is 0 Å². The highest BCUT2D eigenvalue weighted by molar-refractivity contribution is 5.74. The van der Waals surface area contributed by atoms with E-state index in [4.69, 9.17) is 0 Å². The Morgan fingerprint density at radius 3 is 2.16 bits per heavy atom. The number of benzene rings is 1. The van der Waals surface area contributed by atoms with Crippen LogP contribution < -0.4 is 0 Å². The van der Waals surface area contributed by atoms with E-state index in [-0.39, 0.29) is 5.56 Å². The molecule has 106 valence electrons. The van der Waals surface area contributed by atoms with Crippen molar-refractivity contribution in [3.05, 3.63) is 35.9 Å². The maximum Gasteiger partial charge on any atom is 0.317 e. The third-order valence-electron chi connectivity index (χ3n) is 3.30. The molecule has 1 aromatic carbocycles. The Bertz CT molecular complexity index is 420. The van der Waals surface area contributed by atoms with Crippen LogP contribution >= 0.6 is 0 Å². The van der Waals surface area contributed by atoms with Crippen LogP contribution in [0.4, 0.5) is 8.78 Å². The number of aliphatic hydroxyl groups is 1. The van der Waals surface area contributed by atoms with Gasteiger partial charge in [-0.3, -0.25) is 4.79 Å². The van der Waals surface area contributed by atoms with Crippen molar-refractivity contribution < 1.29 is 23.4 Å². The van der Waals surface area contributed by atoms with Gasteiger partial charge in [-0.2, -0.15) is 0 Å². The zero-order chi connectivity index (χ0) is 14.6. The highest BCUT2D eigenvalue weighted by Gasteiger charge is 2.51. The van der Waals surface area contributed by atoms with Crippen LogP contribution in [0.15, 0.2) is 30.3 Å². The molecule has 0 amide bonds. The summed E-state index contributed by atoms with van der Waals surface area (Å²) in [6.45, 7) is 3.18. The second kappa shape index (κ2) is 6.10. The molecule has 0 bridgehead atoms. The molecule has 0 spiro atoms. The number of ether oxygens (including phenoxy) is 1. The first kappa shape index (κ1) is 15.6. The van der Waals surface area contributed by atoms with E-state index < -0.39 is 29.8 Å². The van der Waals surface area contributed by atoms with E-state index in [0.717, 1.165) is 7.11 Å². The van der Waals surface area contributed by atoms with Gasteiger partial charge in [-0.05, 0) is 11.5 Å². The number of hydrogen-bond donors (Lipinski definition) is 1. The molecule has 3 nitrogen and oxygen atoms in total. The smallest absolute Gasteiger partial charge is 0.317 e. The summed E-state index contributed by atoms with van der Waals surface area (Å²) in [5, 5.41) is 10.7. The second-order valence-electron chi connectivity index (χ2n) is 4.68. The van der Waals surface area contributed by atoms with Gasteiger partial charge in [0.1, 0.15) is 5.60 Å². The lowest BCUT2D eigenvalue weighted by atomic mass is 9.73. The molecule has 0 saturated carbocycles. The molecule has 2 unspecified atom stereocenters. The average Bonchev–Trinajstić information content (AvgIpc) is 2.38. The molecule has 0 heterocycles. The summed E-state index contributed by atoms with van der Waals surface area (Å²) in [6, 6.07) is 8.02. The molecule has 19 heavy (non-hydrogen) atoms. The fraction of sp³-hybridized carbons (Fsp3) is 0.500. The molecule has 5 heteroatoms. The summed E-state index contributed by atoms with van der Waals surface area (Å²) in [6.07, 6.45) is -3.01. The zero-order valence-corrected chi connectivity index (χ0v) is 11.1. The number of methoxy groups -OCH3 is 1. The first-order chi connectivity index (χ1) is 8.85. The van der Waals surface area contributed by atoms with Crippen molar-refractivity contribution >= 4 is 5.97 Å². The third kappa shape index (κ3) is 2.92. The van der Waals surface area contributed by atoms with Crippen LogP contribution in [0.1, 0.15) is 19.4 Å². The van der Waals surface area contributed by atoms with Crippen LogP contribution in [0, 0.1) is 11.8 Å². The van der Waals surface area contributed by atoms with E-state index in [1.54, 1.807) is 32.0 Å². The molecule has 0 radical (unpaired) electrons. The lowest BCUT2D eigenvalue weighted by Crippen LogP contribution is -2.48. The Kier molecular flexibility index (Phi) is 5.00. The van der Waals surface area contributed by atoms with Crippen molar-refractivity contribution in [3.63, 3.8) is 0 Å². The van der Waals surface area contributed by atoms with Crippen LogP contribution in [0.2, 0.25) is 0 Å². The molecule has 2 atom stereocenters. The predicted molar refractivity (Wildman–Crippen MR) is 66.7 cm³/mol. The summed E-state index contributed by atoms with van der Waals surface area (Å²) in [5.74, 6) is -3.61. The van der Waals surface area contributed by atoms with Gasteiger partial charge in [0.25, 0.3) is 6.43 Å². The summed E-state index contributed by atoms with van der Waals surface area (Å²) in [5.41, 5.74) is -1.69. The van der Waals surface area contributed by atoms with Gasteiger partial charge in [0.05, 0.1) is 7.11 Å². The lowest BCUT2D eigenvalue weighted by Gasteiger charge is -2.38. The normalized spacial score (nSPS) is 16.2. The SMILES string of the molecule is COC(=O)C(C(F)F)C(O)(c1ccccc1)C(C)C. The average molecular weight is 272 g/mol. The Morgan fingerprint density at radius 1 is 1.26 bits per heavy atom. The number of carbonyl (C=O) groups is 1. The molecule has 1 N–H and O–H groups in total. The molecule has 0 aliphatic carbocycles. The van der Waals surface area contributed by atoms with E-state index >= 15 is 0 Å². The molecule has 1 rings (SSSR count).